The van der Waals surface area contributed by atoms with E-state index < -0.39 is 6.10 Å². The molecule has 0 aromatic heterocycles. The number of rotatable bonds is 62. The van der Waals surface area contributed by atoms with E-state index in [-0.39, 0.29) is 31.1 Å². The van der Waals surface area contributed by atoms with E-state index in [1.54, 1.807) is 0 Å². The van der Waals surface area contributed by atoms with Crippen LogP contribution in [0.1, 0.15) is 355 Å². The van der Waals surface area contributed by atoms with Crippen LogP contribution in [0.4, 0.5) is 0 Å². The SMILES string of the molecule is CC/C=C\C/C=C\C/C=C\C/C=C\C/C=C\CCCCCCCCCCCCCCCC(=O)OCC(COC(=O)CCCCCCCCCCCC)OC(=O)CCCCCCCCCCCCCCCCCCCCCC. The van der Waals surface area contributed by atoms with Gasteiger partial charge in [-0.25, -0.2) is 0 Å². The van der Waals surface area contributed by atoms with Crippen molar-refractivity contribution in [1.29, 1.82) is 0 Å². The summed E-state index contributed by atoms with van der Waals surface area (Å²) in [4.78, 5) is 38.3. The number of unbranched alkanes of at least 4 members (excludes halogenated alkanes) is 41. The van der Waals surface area contributed by atoms with Crippen molar-refractivity contribution in [1.82, 2.24) is 0 Å². The molecule has 6 heteroatoms. The van der Waals surface area contributed by atoms with Crippen molar-refractivity contribution in [2.75, 3.05) is 13.2 Å². The average molecular weight is 1080 g/mol. The molecule has 0 saturated carbocycles. The van der Waals surface area contributed by atoms with E-state index in [9.17, 15) is 14.4 Å². The fourth-order valence-electron chi connectivity index (χ4n) is 10.0. The molecule has 0 bridgehead atoms. The quantitative estimate of drug-likeness (QED) is 0.0261. The van der Waals surface area contributed by atoms with E-state index in [4.69, 9.17) is 14.2 Å². The summed E-state index contributed by atoms with van der Waals surface area (Å²) >= 11 is 0. The topological polar surface area (TPSA) is 78.9 Å². The molecule has 0 radical (unpaired) electrons. The molecule has 0 aromatic carbocycles. The van der Waals surface area contributed by atoms with Crippen LogP contribution in [0.3, 0.4) is 0 Å². The van der Waals surface area contributed by atoms with Crippen LogP contribution in [0.15, 0.2) is 60.8 Å². The molecule has 77 heavy (non-hydrogen) atoms. The summed E-state index contributed by atoms with van der Waals surface area (Å²) in [5, 5.41) is 0. The van der Waals surface area contributed by atoms with Gasteiger partial charge < -0.3 is 14.2 Å². The Labute approximate surface area is 479 Å². The van der Waals surface area contributed by atoms with Gasteiger partial charge in [0, 0.05) is 19.3 Å². The van der Waals surface area contributed by atoms with Crippen LogP contribution >= 0.6 is 0 Å². The molecular weight excluding hydrogens is 949 g/mol. The lowest BCUT2D eigenvalue weighted by Crippen LogP contribution is -2.30. The fraction of sp³-hybridized carbons (Fsp3) is 0.817. The van der Waals surface area contributed by atoms with E-state index >= 15 is 0 Å². The molecule has 0 heterocycles. The van der Waals surface area contributed by atoms with Crippen LogP contribution in [0.5, 0.6) is 0 Å². The number of carbonyl (C=O) groups is 3. The Kier molecular flexibility index (Phi) is 63.2. The minimum atomic E-state index is -0.770. The molecule has 0 fully saturated rings. The Morgan fingerprint density at radius 3 is 0.792 bits per heavy atom. The third-order valence-electron chi connectivity index (χ3n) is 15.0. The van der Waals surface area contributed by atoms with Gasteiger partial charge in [0.2, 0.25) is 0 Å². The normalized spacial score (nSPS) is 12.4. The van der Waals surface area contributed by atoms with Crippen LogP contribution in [0.2, 0.25) is 0 Å². The lowest BCUT2D eigenvalue weighted by molar-refractivity contribution is -0.167. The van der Waals surface area contributed by atoms with Crippen molar-refractivity contribution in [3.05, 3.63) is 60.8 Å². The maximum Gasteiger partial charge on any atom is 0.306 e. The molecule has 0 saturated heterocycles. The first kappa shape index (κ1) is 74.1. The predicted molar refractivity (Wildman–Crippen MR) is 335 cm³/mol. The van der Waals surface area contributed by atoms with Gasteiger partial charge in [0.15, 0.2) is 6.10 Å². The maximum absolute atomic E-state index is 12.9. The second-order valence-electron chi connectivity index (χ2n) is 22.7. The van der Waals surface area contributed by atoms with Gasteiger partial charge in [-0.3, -0.25) is 14.4 Å². The smallest absolute Gasteiger partial charge is 0.306 e. The number of esters is 3. The maximum atomic E-state index is 12.9. The van der Waals surface area contributed by atoms with E-state index in [1.165, 1.54) is 225 Å². The van der Waals surface area contributed by atoms with E-state index in [0.717, 1.165) is 89.9 Å². The van der Waals surface area contributed by atoms with Gasteiger partial charge >= 0.3 is 17.9 Å². The zero-order valence-electron chi connectivity index (χ0n) is 51.5. The van der Waals surface area contributed by atoms with E-state index in [0.29, 0.717) is 19.3 Å². The van der Waals surface area contributed by atoms with Gasteiger partial charge in [-0.2, -0.15) is 0 Å². The zero-order chi connectivity index (χ0) is 55.7. The molecule has 0 aliphatic rings. The van der Waals surface area contributed by atoms with Gasteiger partial charge in [-0.05, 0) is 64.2 Å². The molecule has 0 aliphatic carbocycles. The lowest BCUT2D eigenvalue weighted by atomic mass is 10.0. The molecule has 0 aliphatic heterocycles. The molecule has 448 valence electrons. The standard InChI is InChI=1S/C71H128O6/c1-4-7-10-13-16-19-22-24-26-28-30-32-33-34-35-36-37-38-39-40-42-43-45-47-49-52-55-58-61-64-70(73)76-67-68(66-75-69(72)63-60-57-54-51-21-18-15-12-9-6-3)77-71(74)65-62-59-56-53-50-48-46-44-41-31-29-27-25-23-20-17-14-11-8-5-2/h7,10,16,19,24,26,30,32,34-35,68H,4-6,8-9,11-15,17-18,20-23,25,27-29,31,33,36-67H2,1-3H3/b10-7-,19-16-,26-24-,32-30-,35-34-. The summed E-state index contributed by atoms with van der Waals surface area (Å²) in [6.45, 7) is 6.57. The molecule has 0 rings (SSSR count). The average Bonchev–Trinajstić information content (AvgIpc) is 3.43. The third-order valence-corrected chi connectivity index (χ3v) is 15.0. The van der Waals surface area contributed by atoms with Crippen molar-refractivity contribution in [3.63, 3.8) is 0 Å². The highest BCUT2D eigenvalue weighted by Crippen LogP contribution is 2.18. The zero-order valence-corrected chi connectivity index (χ0v) is 51.5. The number of hydrogen-bond donors (Lipinski definition) is 0. The monoisotopic (exact) mass is 1080 g/mol. The number of allylic oxidation sites excluding steroid dienone is 10. The van der Waals surface area contributed by atoms with E-state index in [2.05, 4.69) is 81.5 Å². The van der Waals surface area contributed by atoms with Gasteiger partial charge in [-0.1, -0.05) is 332 Å². The molecule has 0 N–H and O–H groups in total. The first-order valence-corrected chi connectivity index (χ1v) is 33.8. The Hall–Kier alpha value is -2.89. The Bertz CT molecular complexity index is 1380. The van der Waals surface area contributed by atoms with Gasteiger partial charge in [0.1, 0.15) is 13.2 Å². The second kappa shape index (κ2) is 65.6. The third kappa shape index (κ3) is 63.8. The van der Waals surface area contributed by atoms with Crippen LogP contribution < -0.4 is 0 Å². The summed E-state index contributed by atoms with van der Waals surface area (Å²) in [6.07, 6.45) is 83.9. The van der Waals surface area contributed by atoms with E-state index in [1.807, 2.05) is 0 Å². The number of carbonyl (C=O) groups excluding carboxylic acids is 3. The fourth-order valence-corrected chi connectivity index (χ4v) is 10.0. The van der Waals surface area contributed by atoms with Gasteiger partial charge in [-0.15, -0.1) is 0 Å². The molecule has 1 unspecified atom stereocenters. The van der Waals surface area contributed by atoms with Crippen molar-refractivity contribution in [2.45, 2.75) is 361 Å². The second-order valence-corrected chi connectivity index (χ2v) is 22.7. The van der Waals surface area contributed by atoms with Crippen LogP contribution in [-0.4, -0.2) is 37.2 Å². The highest BCUT2D eigenvalue weighted by Gasteiger charge is 2.19. The molecule has 1 atom stereocenters. The molecule has 0 spiro atoms. The predicted octanol–water partition coefficient (Wildman–Crippen LogP) is 23.1. The summed E-state index contributed by atoms with van der Waals surface area (Å²) in [5.41, 5.74) is 0. The minimum absolute atomic E-state index is 0.0682. The largest absolute Gasteiger partial charge is 0.462 e. The van der Waals surface area contributed by atoms with Crippen molar-refractivity contribution in [2.24, 2.45) is 0 Å². The summed E-state index contributed by atoms with van der Waals surface area (Å²) < 4.78 is 16.9. The van der Waals surface area contributed by atoms with Gasteiger partial charge in [0.25, 0.3) is 0 Å². The molecule has 0 amide bonds. The highest BCUT2D eigenvalue weighted by molar-refractivity contribution is 5.71. The van der Waals surface area contributed by atoms with Crippen LogP contribution in [-0.2, 0) is 28.6 Å². The summed E-state index contributed by atoms with van der Waals surface area (Å²) in [5.74, 6) is -0.848. The Morgan fingerprint density at radius 1 is 0.273 bits per heavy atom. The first-order chi connectivity index (χ1) is 38.0. The summed E-state index contributed by atoms with van der Waals surface area (Å²) in [7, 11) is 0. The van der Waals surface area contributed by atoms with Gasteiger partial charge in [0.05, 0.1) is 0 Å². The molecular formula is C71H128O6. The van der Waals surface area contributed by atoms with Crippen molar-refractivity contribution >= 4 is 17.9 Å². The summed E-state index contributed by atoms with van der Waals surface area (Å²) in [6, 6.07) is 0. The lowest BCUT2D eigenvalue weighted by Gasteiger charge is -2.18. The number of ether oxygens (including phenoxy) is 3. The Balaban J connectivity index is 4.16. The van der Waals surface area contributed by atoms with Crippen LogP contribution in [0.25, 0.3) is 0 Å². The van der Waals surface area contributed by atoms with Crippen molar-refractivity contribution < 1.29 is 28.6 Å². The number of hydrogen-bond acceptors (Lipinski definition) is 6. The molecule has 6 nitrogen and oxygen atoms in total. The minimum Gasteiger partial charge on any atom is -0.462 e. The Morgan fingerprint density at radius 2 is 0.506 bits per heavy atom. The van der Waals surface area contributed by atoms with Crippen LogP contribution in [0, 0.1) is 0 Å². The highest BCUT2D eigenvalue weighted by atomic mass is 16.6. The first-order valence-electron chi connectivity index (χ1n) is 33.8. The van der Waals surface area contributed by atoms with Crippen molar-refractivity contribution in [3.8, 4) is 0 Å². The molecule has 0 aromatic rings.